The van der Waals surface area contributed by atoms with E-state index >= 15 is 0 Å². The van der Waals surface area contributed by atoms with Crippen molar-refractivity contribution in [1.82, 2.24) is 4.57 Å². The van der Waals surface area contributed by atoms with Gasteiger partial charge < -0.3 is 14.8 Å². The molecule has 0 aliphatic heterocycles. The van der Waals surface area contributed by atoms with Crippen molar-refractivity contribution in [3.05, 3.63) is 58.2 Å². The summed E-state index contributed by atoms with van der Waals surface area (Å²) >= 11 is 6.00. The number of phenols is 1. The first-order valence-corrected chi connectivity index (χ1v) is 7.64. The van der Waals surface area contributed by atoms with E-state index < -0.39 is 5.97 Å². The molecule has 3 aromatic rings. The van der Waals surface area contributed by atoms with E-state index in [1.54, 1.807) is 35.0 Å². The molecule has 6 heteroatoms. The molecule has 1 heterocycles. The Morgan fingerprint density at radius 3 is 2.71 bits per heavy atom. The number of hydrogen-bond acceptors (Lipinski definition) is 3. The van der Waals surface area contributed by atoms with Gasteiger partial charge in [-0.3, -0.25) is 0 Å². The largest absolute Gasteiger partial charge is 0.506 e. The molecule has 0 aliphatic carbocycles. The second-order valence-corrected chi connectivity index (χ2v) is 5.75. The van der Waals surface area contributed by atoms with Gasteiger partial charge in [-0.05, 0) is 42.3 Å². The number of halogens is 1. The van der Waals surface area contributed by atoms with Crippen LogP contribution >= 0.6 is 11.6 Å². The lowest BCUT2D eigenvalue weighted by Crippen LogP contribution is -2.03. The van der Waals surface area contributed by atoms with Gasteiger partial charge in [0, 0.05) is 17.3 Å². The first-order chi connectivity index (χ1) is 11.5. The Kier molecular flexibility index (Phi) is 3.92. The number of rotatable bonds is 3. The highest BCUT2D eigenvalue weighted by molar-refractivity contribution is 6.32. The number of nitriles is 1. The van der Waals surface area contributed by atoms with Crippen LogP contribution in [0.1, 0.15) is 28.4 Å². The first kappa shape index (κ1) is 15.9. The molecule has 0 saturated carbocycles. The van der Waals surface area contributed by atoms with Crippen LogP contribution in [0.4, 0.5) is 0 Å². The molecule has 3 rings (SSSR count). The predicted octanol–water partition coefficient (Wildman–Crippen LogP) is 4.12. The lowest BCUT2D eigenvalue weighted by atomic mass is 10.0. The minimum Gasteiger partial charge on any atom is -0.506 e. The summed E-state index contributed by atoms with van der Waals surface area (Å²) in [5.74, 6) is -1.06. The number of aryl methyl sites for hydroxylation is 1. The van der Waals surface area contributed by atoms with Gasteiger partial charge in [0.1, 0.15) is 11.8 Å². The van der Waals surface area contributed by atoms with Crippen molar-refractivity contribution in [3.63, 3.8) is 0 Å². The fourth-order valence-electron chi connectivity index (χ4n) is 2.77. The van der Waals surface area contributed by atoms with Crippen LogP contribution in [0.5, 0.6) is 5.75 Å². The van der Waals surface area contributed by atoms with Crippen LogP contribution in [0.3, 0.4) is 0 Å². The Labute approximate surface area is 142 Å². The van der Waals surface area contributed by atoms with Gasteiger partial charge in [0.2, 0.25) is 0 Å². The number of benzene rings is 2. The Morgan fingerprint density at radius 2 is 2.08 bits per heavy atom. The van der Waals surface area contributed by atoms with Crippen LogP contribution in [0.15, 0.2) is 36.5 Å². The van der Waals surface area contributed by atoms with E-state index in [1.165, 1.54) is 6.07 Å². The monoisotopic (exact) mass is 340 g/mol. The van der Waals surface area contributed by atoms with Gasteiger partial charge in [-0.25, -0.2) is 4.79 Å². The van der Waals surface area contributed by atoms with E-state index in [2.05, 4.69) is 6.07 Å². The average Bonchev–Trinajstić information content (AvgIpc) is 2.92. The quantitative estimate of drug-likeness (QED) is 0.750. The maximum absolute atomic E-state index is 11.3. The molecule has 120 valence electrons. The van der Waals surface area contributed by atoms with Crippen LogP contribution in [0.25, 0.3) is 16.6 Å². The molecule has 2 aromatic carbocycles. The van der Waals surface area contributed by atoms with Gasteiger partial charge in [-0.2, -0.15) is 5.26 Å². The molecule has 0 amide bonds. The normalized spacial score (nSPS) is 10.7. The number of hydrogen-bond donors (Lipinski definition) is 2. The van der Waals surface area contributed by atoms with Crippen LogP contribution in [-0.4, -0.2) is 20.7 Å². The smallest absolute Gasteiger partial charge is 0.335 e. The highest BCUT2D eigenvalue weighted by Gasteiger charge is 2.15. The van der Waals surface area contributed by atoms with Gasteiger partial charge >= 0.3 is 5.97 Å². The minimum atomic E-state index is -0.971. The number of aromatic hydroxyl groups is 1. The van der Waals surface area contributed by atoms with E-state index in [4.69, 9.17) is 11.6 Å². The van der Waals surface area contributed by atoms with Crippen molar-refractivity contribution in [2.75, 3.05) is 0 Å². The SMILES string of the molecule is CCc1cc(-n2cc(C#N)c3cc(O)c(Cl)cc32)ccc1C(=O)O. The molecular weight excluding hydrogens is 328 g/mol. The number of carboxylic acid groups (broad SMARTS) is 1. The van der Waals surface area contributed by atoms with Crippen LogP contribution in [0.2, 0.25) is 5.02 Å². The van der Waals surface area contributed by atoms with E-state index in [9.17, 15) is 20.3 Å². The van der Waals surface area contributed by atoms with Crippen molar-refractivity contribution < 1.29 is 15.0 Å². The van der Waals surface area contributed by atoms with Crippen molar-refractivity contribution in [2.24, 2.45) is 0 Å². The van der Waals surface area contributed by atoms with Gasteiger partial charge in [-0.1, -0.05) is 18.5 Å². The molecule has 0 saturated heterocycles. The molecule has 0 aliphatic rings. The highest BCUT2D eigenvalue weighted by atomic mass is 35.5. The maximum atomic E-state index is 11.3. The zero-order chi connectivity index (χ0) is 17.4. The average molecular weight is 341 g/mol. The summed E-state index contributed by atoms with van der Waals surface area (Å²) in [5.41, 5.74) is 2.75. The van der Waals surface area contributed by atoms with Gasteiger partial charge in [0.25, 0.3) is 0 Å². The third-order valence-corrected chi connectivity index (χ3v) is 4.27. The zero-order valence-electron chi connectivity index (χ0n) is 12.7. The third-order valence-electron chi connectivity index (χ3n) is 3.97. The molecule has 24 heavy (non-hydrogen) atoms. The van der Waals surface area contributed by atoms with E-state index in [-0.39, 0.29) is 16.3 Å². The lowest BCUT2D eigenvalue weighted by Gasteiger charge is -2.10. The number of fused-ring (bicyclic) bond motifs is 1. The first-order valence-electron chi connectivity index (χ1n) is 7.26. The molecule has 0 atom stereocenters. The molecule has 0 radical (unpaired) electrons. The molecule has 0 spiro atoms. The Balaban J connectivity index is 2.29. The molecule has 0 unspecified atom stereocenters. The summed E-state index contributed by atoms with van der Waals surface area (Å²) in [7, 11) is 0. The maximum Gasteiger partial charge on any atom is 0.335 e. The Bertz CT molecular complexity index is 1020. The van der Waals surface area contributed by atoms with E-state index in [0.29, 0.717) is 28.5 Å². The van der Waals surface area contributed by atoms with Gasteiger partial charge in [-0.15, -0.1) is 0 Å². The zero-order valence-corrected chi connectivity index (χ0v) is 13.5. The third kappa shape index (κ3) is 2.47. The molecular formula is C18H13ClN2O3. The predicted molar refractivity (Wildman–Crippen MR) is 91.0 cm³/mol. The fraction of sp³-hybridized carbons (Fsp3) is 0.111. The summed E-state index contributed by atoms with van der Waals surface area (Å²) in [6, 6.07) is 10.2. The molecule has 0 bridgehead atoms. The number of carboxylic acids is 1. The summed E-state index contributed by atoms with van der Waals surface area (Å²) < 4.78 is 1.77. The molecule has 0 fully saturated rings. The lowest BCUT2D eigenvalue weighted by molar-refractivity contribution is 0.0695. The second-order valence-electron chi connectivity index (χ2n) is 5.35. The van der Waals surface area contributed by atoms with Gasteiger partial charge in [0.15, 0.2) is 0 Å². The van der Waals surface area contributed by atoms with Crippen LogP contribution in [-0.2, 0) is 6.42 Å². The topological polar surface area (TPSA) is 86.3 Å². The van der Waals surface area contributed by atoms with Crippen molar-refractivity contribution in [2.45, 2.75) is 13.3 Å². The number of nitrogens with zero attached hydrogens (tertiary/aromatic N) is 2. The fourth-order valence-corrected chi connectivity index (χ4v) is 2.93. The minimum absolute atomic E-state index is 0.0890. The number of aromatic nitrogens is 1. The Morgan fingerprint density at radius 1 is 1.33 bits per heavy atom. The highest BCUT2D eigenvalue weighted by Crippen LogP contribution is 2.33. The summed E-state index contributed by atoms with van der Waals surface area (Å²) in [6.07, 6.45) is 2.22. The van der Waals surface area contributed by atoms with E-state index in [1.807, 2.05) is 6.92 Å². The standard InChI is InChI=1S/C18H13ClN2O3/c1-2-10-5-12(3-4-13(10)18(23)24)21-9-11(8-20)14-6-17(22)15(19)7-16(14)21/h3-7,9,22H,2H2,1H3,(H,23,24). The summed E-state index contributed by atoms with van der Waals surface area (Å²) in [5, 5.41) is 29.1. The number of aromatic carboxylic acids is 1. The number of phenolic OH excluding ortho intramolecular Hbond substituents is 1. The molecule has 1 aromatic heterocycles. The summed E-state index contributed by atoms with van der Waals surface area (Å²) in [4.78, 5) is 11.3. The van der Waals surface area contributed by atoms with Gasteiger partial charge in [0.05, 0.1) is 21.7 Å². The van der Waals surface area contributed by atoms with Crippen LogP contribution in [0, 0.1) is 11.3 Å². The second kappa shape index (κ2) is 5.91. The number of carbonyl (C=O) groups is 1. The molecule has 5 nitrogen and oxygen atoms in total. The molecule has 2 N–H and O–H groups in total. The van der Waals surface area contributed by atoms with Crippen molar-refractivity contribution in [3.8, 4) is 17.5 Å². The van der Waals surface area contributed by atoms with Crippen molar-refractivity contribution in [1.29, 1.82) is 5.26 Å². The van der Waals surface area contributed by atoms with Crippen molar-refractivity contribution >= 4 is 28.5 Å². The summed E-state index contributed by atoms with van der Waals surface area (Å²) in [6.45, 7) is 1.88. The van der Waals surface area contributed by atoms with Crippen LogP contribution < -0.4 is 0 Å². The van der Waals surface area contributed by atoms with E-state index in [0.717, 1.165) is 5.69 Å². The Hall–Kier alpha value is -2.97.